The molecule has 0 radical (unpaired) electrons. The molecule has 1 heterocycles. The standard InChI is InChI=1S/C18H24N4O4S2/c23-22(24)15-3-5-16(6-4-15)28(25,26)21-9-7-20(8-10-21)18(27)19-17-12-13-1-2-14(17)11-13/h3-6,13-14,17H,1-2,7-12H2,(H,19,27)/t13-,14-,17-/m0/s1. The van der Waals surface area contributed by atoms with Gasteiger partial charge in [-0.2, -0.15) is 4.31 Å². The highest BCUT2D eigenvalue weighted by Gasteiger charge is 2.40. The number of thiocarbonyl (C=S) groups is 1. The van der Waals surface area contributed by atoms with E-state index in [1.54, 1.807) is 0 Å². The second-order valence-electron chi connectivity index (χ2n) is 7.87. The molecule has 8 nitrogen and oxygen atoms in total. The van der Waals surface area contributed by atoms with Crippen molar-refractivity contribution in [1.29, 1.82) is 0 Å². The number of nitrogens with one attached hydrogen (secondary N) is 1. The van der Waals surface area contributed by atoms with Crippen LogP contribution in [0, 0.1) is 22.0 Å². The second kappa shape index (κ2) is 7.57. The zero-order valence-corrected chi connectivity index (χ0v) is 17.1. The number of fused-ring (bicyclic) bond motifs is 2. The topological polar surface area (TPSA) is 95.8 Å². The Labute approximate surface area is 170 Å². The van der Waals surface area contributed by atoms with Crippen LogP contribution in [-0.4, -0.2) is 59.9 Å². The average Bonchev–Trinajstić information content (AvgIpc) is 3.31. The van der Waals surface area contributed by atoms with Gasteiger partial charge >= 0.3 is 0 Å². The Morgan fingerprint density at radius 2 is 1.79 bits per heavy atom. The van der Waals surface area contributed by atoms with Crippen molar-refractivity contribution in [2.75, 3.05) is 26.2 Å². The molecule has 1 aromatic rings. The third-order valence-corrected chi connectivity index (χ3v) is 8.55. The normalized spacial score (nSPS) is 27.7. The van der Waals surface area contributed by atoms with Crippen molar-refractivity contribution < 1.29 is 13.3 Å². The van der Waals surface area contributed by atoms with Crippen LogP contribution in [0.2, 0.25) is 0 Å². The van der Waals surface area contributed by atoms with Crippen LogP contribution in [0.5, 0.6) is 0 Å². The smallest absolute Gasteiger partial charge is 0.269 e. The number of non-ortho nitro benzene ring substituents is 1. The van der Waals surface area contributed by atoms with Gasteiger partial charge in [0.05, 0.1) is 9.82 Å². The molecule has 1 N–H and O–H groups in total. The van der Waals surface area contributed by atoms with Gasteiger partial charge in [-0.25, -0.2) is 8.42 Å². The quantitative estimate of drug-likeness (QED) is 0.448. The first kappa shape index (κ1) is 19.5. The molecular formula is C18H24N4O4S2. The number of nitro groups is 1. The highest BCUT2D eigenvalue weighted by atomic mass is 32.2. The predicted molar refractivity (Wildman–Crippen MR) is 108 cm³/mol. The van der Waals surface area contributed by atoms with Gasteiger partial charge in [0.25, 0.3) is 5.69 Å². The van der Waals surface area contributed by atoms with E-state index < -0.39 is 14.9 Å². The number of sulfonamides is 1. The summed E-state index contributed by atoms with van der Waals surface area (Å²) in [7, 11) is -3.66. The van der Waals surface area contributed by atoms with Gasteiger partial charge in [-0.05, 0) is 55.4 Å². The van der Waals surface area contributed by atoms with Crippen molar-refractivity contribution in [3.8, 4) is 0 Å². The Balaban J connectivity index is 1.34. The van der Waals surface area contributed by atoms with Crippen LogP contribution < -0.4 is 5.32 Å². The van der Waals surface area contributed by atoms with Crippen LogP contribution in [-0.2, 0) is 10.0 Å². The molecule has 10 heteroatoms. The van der Waals surface area contributed by atoms with E-state index in [-0.39, 0.29) is 10.6 Å². The van der Waals surface area contributed by atoms with Crippen LogP contribution in [0.25, 0.3) is 0 Å². The fraction of sp³-hybridized carbons (Fsp3) is 0.611. The third kappa shape index (κ3) is 3.72. The first-order chi connectivity index (χ1) is 13.3. The molecule has 2 saturated carbocycles. The molecule has 3 aliphatic rings. The van der Waals surface area contributed by atoms with Crippen molar-refractivity contribution in [3.63, 3.8) is 0 Å². The summed E-state index contributed by atoms with van der Waals surface area (Å²) >= 11 is 5.57. The number of nitro benzene ring substituents is 1. The van der Waals surface area contributed by atoms with Crippen LogP contribution >= 0.6 is 12.2 Å². The zero-order chi connectivity index (χ0) is 19.9. The Kier molecular flexibility index (Phi) is 5.28. The number of piperazine rings is 1. The predicted octanol–water partition coefficient (Wildman–Crippen LogP) is 1.96. The minimum atomic E-state index is -3.66. The van der Waals surface area contributed by atoms with Crippen molar-refractivity contribution in [1.82, 2.24) is 14.5 Å². The van der Waals surface area contributed by atoms with Crippen molar-refractivity contribution in [2.45, 2.75) is 36.6 Å². The molecule has 3 fully saturated rings. The number of benzene rings is 1. The monoisotopic (exact) mass is 424 g/mol. The van der Waals surface area contributed by atoms with E-state index in [1.165, 1.54) is 54.3 Å². The maximum absolute atomic E-state index is 12.8. The maximum Gasteiger partial charge on any atom is 0.269 e. The van der Waals surface area contributed by atoms with Crippen LogP contribution in [0.3, 0.4) is 0 Å². The van der Waals surface area contributed by atoms with E-state index in [0.717, 1.165) is 16.9 Å². The Bertz CT molecular complexity index is 866. The van der Waals surface area contributed by atoms with E-state index in [0.29, 0.717) is 32.2 Å². The van der Waals surface area contributed by atoms with Gasteiger partial charge in [0, 0.05) is 44.4 Å². The molecule has 2 bridgehead atoms. The lowest BCUT2D eigenvalue weighted by molar-refractivity contribution is -0.384. The van der Waals surface area contributed by atoms with E-state index in [4.69, 9.17) is 12.2 Å². The molecule has 1 saturated heterocycles. The van der Waals surface area contributed by atoms with Gasteiger partial charge in [-0.1, -0.05) is 6.42 Å². The van der Waals surface area contributed by atoms with E-state index in [9.17, 15) is 18.5 Å². The molecule has 152 valence electrons. The van der Waals surface area contributed by atoms with Crippen LogP contribution in [0.1, 0.15) is 25.7 Å². The number of nitrogens with zero attached hydrogens (tertiary/aromatic N) is 3. The summed E-state index contributed by atoms with van der Waals surface area (Å²) in [4.78, 5) is 12.3. The lowest BCUT2D eigenvalue weighted by Crippen LogP contribution is -2.54. The fourth-order valence-corrected chi connectivity index (χ4v) is 6.45. The molecule has 2 aliphatic carbocycles. The summed E-state index contributed by atoms with van der Waals surface area (Å²) in [5.74, 6) is 1.57. The first-order valence-corrected chi connectivity index (χ1v) is 11.5. The molecular weight excluding hydrogens is 400 g/mol. The molecule has 3 atom stereocenters. The molecule has 0 spiro atoms. The Morgan fingerprint density at radius 1 is 1.11 bits per heavy atom. The first-order valence-electron chi connectivity index (χ1n) is 9.64. The molecule has 28 heavy (non-hydrogen) atoms. The summed E-state index contributed by atoms with van der Waals surface area (Å²) in [6.45, 7) is 1.77. The third-order valence-electron chi connectivity index (χ3n) is 6.26. The molecule has 1 aliphatic heterocycles. The lowest BCUT2D eigenvalue weighted by Gasteiger charge is -2.37. The summed E-state index contributed by atoms with van der Waals surface area (Å²) in [5, 5.41) is 15.0. The van der Waals surface area contributed by atoms with E-state index >= 15 is 0 Å². The van der Waals surface area contributed by atoms with Crippen molar-refractivity contribution in [3.05, 3.63) is 34.4 Å². The second-order valence-corrected chi connectivity index (χ2v) is 10.2. The molecule has 1 aromatic carbocycles. The largest absolute Gasteiger partial charge is 0.360 e. The Morgan fingerprint density at radius 3 is 2.32 bits per heavy atom. The SMILES string of the molecule is O=[N+]([O-])c1ccc(S(=O)(=O)N2CCN(C(=S)N[C@H]3C[C@H]4CC[C@H]3C4)CC2)cc1. The van der Waals surface area contributed by atoms with Gasteiger partial charge in [0.15, 0.2) is 5.11 Å². The van der Waals surface area contributed by atoms with Gasteiger partial charge < -0.3 is 10.2 Å². The van der Waals surface area contributed by atoms with Gasteiger partial charge in [0.1, 0.15) is 0 Å². The minimum absolute atomic E-state index is 0.0780. The molecule has 0 unspecified atom stereocenters. The fourth-order valence-electron chi connectivity index (χ4n) is 4.69. The maximum atomic E-state index is 12.8. The summed E-state index contributed by atoms with van der Waals surface area (Å²) in [6.07, 6.45) is 5.13. The van der Waals surface area contributed by atoms with Crippen LogP contribution in [0.15, 0.2) is 29.2 Å². The minimum Gasteiger partial charge on any atom is -0.360 e. The Hall–Kier alpha value is -1.78. The number of rotatable bonds is 4. The zero-order valence-electron chi connectivity index (χ0n) is 15.5. The highest BCUT2D eigenvalue weighted by molar-refractivity contribution is 7.89. The highest BCUT2D eigenvalue weighted by Crippen LogP contribution is 2.44. The number of hydrogen-bond acceptors (Lipinski definition) is 5. The summed E-state index contributed by atoms with van der Waals surface area (Å²) in [6, 6.07) is 5.49. The molecule has 0 aromatic heterocycles. The van der Waals surface area contributed by atoms with E-state index in [1.807, 2.05) is 4.90 Å². The van der Waals surface area contributed by atoms with Crippen LogP contribution in [0.4, 0.5) is 5.69 Å². The lowest BCUT2D eigenvalue weighted by atomic mass is 9.95. The molecule has 0 amide bonds. The van der Waals surface area contributed by atoms with Crippen molar-refractivity contribution in [2.24, 2.45) is 11.8 Å². The summed E-state index contributed by atoms with van der Waals surface area (Å²) in [5.41, 5.74) is -0.124. The molecule has 4 rings (SSSR count). The van der Waals surface area contributed by atoms with Gasteiger partial charge in [0.2, 0.25) is 10.0 Å². The summed E-state index contributed by atoms with van der Waals surface area (Å²) < 4.78 is 27.0. The number of hydrogen-bond donors (Lipinski definition) is 1. The average molecular weight is 425 g/mol. The van der Waals surface area contributed by atoms with E-state index in [2.05, 4.69) is 5.32 Å². The van der Waals surface area contributed by atoms with Gasteiger partial charge in [-0.3, -0.25) is 10.1 Å². The van der Waals surface area contributed by atoms with Crippen molar-refractivity contribution >= 4 is 33.0 Å². The van der Waals surface area contributed by atoms with Gasteiger partial charge in [-0.15, -0.1) is 0 Å².